The van der Waals surface area contributed by atoms with Gasteiger partial charge in [-0.3, -0.25) is 14.4 Å². The molecule has 0 aliphatic rings. The van der Waals surface area contributed by atoms with Crippen molar-refractivity contribution in [3.8, 4) is 0 Å². The summed E-state index contributed by atoms with van der Waals surface area (Å²) in [5.74, 6) is -2.57. The monoisotopic (exact) mass is 385 g/mol. The molecule has 0 fully saturated rings. The van der Waals surface area contributed by atoms with Crippen LogP contribution in [0.25, 0.3) is 0 Å². The number of carbonyl (C=O) groups excluding carboxylic acids is 2. The molecular weight excluding hydrogens is 362 g/mol. The maximum atomic E-state index is 12.0. The van der Waals surface area contributed by atoms with E-state index in [2.05, 4.69) is 15.4 Å². The Balaban J connectivity index is 2.53. The Morgan fingerprint density at radius 1 is 1.12 bits per heavy atom. The van der Waals surface area contributed by atoms with Crippen molar-refractivity contribution in [1.29, 1.82) is 0 Å². The molecule has 9 nitrogen and oxygen atoms in total. The number of carboxylic acid groups (broad SMARTS) is 1. The number of benzene rings is 1. The van der Waals surface area contributed by atoms with E-state index in [1.807, 2.05) is 0 Å². The number of hydrogen-bond acceptors (Lipinski definition) is 5. The largest absolute Gasteiger partial charge is 0.481 e. The first-order chi connectivity index (χ1) is 12.1. The van der Waals surface area contributed by atoms with Crippen molar-refractivity contribution in [3.63, 3.8) is 0 Å². The Kier molecular flexibility index (Phi) is 8.20. The maximum absolute atomic E-state index is 12.0. The van der Waals surface area contributed by atoms with Crippen molar-refractivity contribution in [3.05, 3.63) is 29.8 Å². The van der Waals surface area contributed by atoms with Gasteiger partial charge in [0, 0.05) is 18.2 Å². The molecule has 1 aromatic rings. The predicted molar refractivity (Wildman–Crippen MR) is 96.1 cm³/mol. The first kappa shape index (κ1) is 21.6. The highest BCUT2D eigenvalue weighted by Crippen LogP contribution is 2.16. The van der Waals surface area contributed by atoms with Gasteiger partial charge in [-0.15, -0.1) is 0 Å². The molecule has 0 aromatic heterocycles. The summed E-state index contributed by atoms with van der Waals surface area (Å²) in [6.45, 7) is 3.10. The van der Waals surface area contributed by atoms with Gasteiger partial charge in [-0.2, -0.15) is 0 Å². The molecular formula is C16H23N3O6S. The number of carbonyl (C=O) groups is 3. The molecule has 2 amide bonds. The average Bonchev–Trinajstić information content (AvgIpc) is 2.52. The fourth-order valence-electron chi connectivity index (χ4n) is 2.02. The summed E-state index contributed by atoms with van der Waals surface area (Å²) in [5, 5.41) is 13.9. The number of anilines is 1. The molecule has 0 unspecified atom stereocenters. The zero-order valence-corrected chi connectivity index (χ0v) is 15.4. The minimum atomic E-state index is -3.79. The predicted octanol–water partition coefficient (Wildman–Crippen LogP) is 0.0863. The Bertz CT molecular complexity index is 761. The van der Waals surface area contributed by atoms with Gasteiger partial charge in [0.1, 0.15) is 0 Å². The van der Waals surface area contributed by atoms with Crippen LogP contribution < -0.4 is 15.4 Å². The summed E-state index contributed by atoms with van der Waals surface area (Å²) >= 11 is 0. The van der Waals surface area contributed by atoms with Crippen LogP contribution in [-0.2, 0) is 30.8 Å². The summed E-state index contributed by atoms with van der Waals surface area (Å²) in [6.07, 6.45) is -0.593. The van der Waals surface area contributed by atoms with Gasteiger partial charge in [0.15, 0.2) is 0 Å². The first-order valence-corrected chi connectivity index (χ1v) is 9.60. The van der Waals surface area contributed by atoms with Gasteiger partial charge >= 0.3 is 5.97 Å². The van der Waals surface area contributed by atoms with Crippen molar-refractivity contribution in [2.75, 3.05) is 17.6 Å². The standard InChI is InChI=1S/C16H23N3O6S/c1-11(2)18-15(21)10-17-26(24,25)8-7-14(20)19-13-6-4-3-5-12(13)9-16(22)23/h3-6,11,17H,7-10H2,1-2H3,(H,18,21)(H,19,20)(H,22,23). The average molecular weight is 385 g/mol. The van der Waals surface area contributed by atoms with Crippen LogP contribution in [0.1, 0.15) is 25.8 Å². The second-order valence-corrected chi connectivity index (χ2v) is 7.81. The normalized spacial score (nSPS) is 11.2. The molecule has 0 saturated heterocycles. The Hall–Kier alpha value is -2.46. The smallest absolute Gasteiger partial charge is 0.307 e. The first-order valence-electron chi connectivity index (χ1n) is 7.95. The SMILES string of the molecule is CC(C)NC(=O)CNS(=O)(=O)CCC(=O)Nc1ccccc1CC(=O)O. The highest BCUT2D eigenvalue weighted by atomic mass is 32.2. The van der Waals surface area contributed by atoms with Crippen LogP contribution >= 0.6 is 0 Å². The summed E-state index contributed by atoms with van der Waals surface area (Å²) in [4.78, 5) is 34.2. The highest BCUT2D eigenvalue weighted by molar-refractivity contribution is 7.89. The number of aliphatic carboxylic acids is 1. The van der Waals surface area contributed by atoms with Gasteiger partial charge in [0.2, 0.25) is 21.8 Å². The summed E-state index contributed by atoms with van der Waals surface area (Å²) in [6, 6.07) is 6.27. The van der Waals surface area contributed by atoms with Gasteiger partial charge in [0.05, 0.1) is 18.7 Å². The third kappa shape index (κ3) is 8.58. The van der Waals surface area contributed by atoms with E-state index in [1.54, 1.807) is 38.1 Å². The van der Waals surface area contributed by atoms with E-state index in [9.17, 15) is 22.8 Å². The van der Waals surface area contributed by atoms with Crippen LogP contribution in [0.5, 0.6) is 0 Å². The molecule has 0 saturated carbocycles. The number of hydrogen-bond donors (Lipinski definition) is 4. The number of nitrogens with one attached hydrogen (secondary N) is 3. The highest BCUT2D eigenvalue weighted by Gasteiger charge is 2.16. The number of para-hydroxylation sites is 1. The van der Waals surface area contributed by atoms with Crippen LogP contribution in [-0.4, -0.2) is 49.6 Å². The lowest BCUT2D eigenvalue weighted by Crippen LogP contribution is -2.40. The van der Waals surface area contributed by atoms with E-state index in [0.717, 1.165) is 0 Å². The molecule has 0 atom stereocenters. The molecule has 4 N–H and O–H groups in total. The van der Waals surface area contributed by atoms with Crippen molar-refractivity contribution in [1.82, 2.24) is 10.0 Å². The van der Waals surface area contributed by atoms with Crippen LogP contribution in [0.15, 0.2) is 24.3 Å². The van der Waals surface area contributed by atoms with E-state index in [-0.39, 0.29) is 18.9 Å². The number of carboxylic acids is 1. The molecule has 0 aliphatic heterocycles. The minimum Gasteiger partial charge on any atom is -0.481 e. The molecule has 0 spiro atoms. The minimum absolute atomic E-state index is 0.108. The molecule has 0 radical (unpaired) electrons. The van der Waals surface area contributed by atoms with Crippen molar-refractivity contribution >= 4 is 33.5 Å². The molecule has 0 aliphatic carbocycles. The van der Waals surface area contributed by atoms with Crippen molar-refractivity contribution in [2.45, 2.75) is 32.7 Å². The number of amides is 2. The zero-order valence-electron chi connectivity index (χ0n) is 14.6. The van der Waals surface area contributed by atoms with Gasteiger partial charge < -0.3 is 15.7 Å². The third-order valence-corrected chi connectivity index (χ3v) is 4.46. The Labute approximate surface area is 152 Å². The van der Waals surface area contributed by atoms with Gasteiger partial charge in [-0.25, -0.2) is 13.1 Å². The molecule has 0 heterocycles. The lowest BCUT2D eigenvalue weighted by Gasteiger charge is -2.11. The molecule has 0 bridgehead atoms. The van der Waals surface area contributed by atoms with E-state index in [1.165, 1.54) is 0 Å². The van der Waals surface area contributed by atoms with Gasteiger partial charge in [0.25, 0.3) is 0 Å². The fraction of sp³-hybridized carbons (Fsp3) is 0.438. The van der Waals surface area contributed by atoms with Crippen LogP contribution in [0.2, 0.25) is 0 Å². The van der Waals surface area contributed by atoms with E-state index < -0.39 is 40.1 Å². The molecule has 10 heteroatoms. The van der Waals surface area contributed by atoms with Gasteiger partial charge in [-0.05, 0) is 25.5 Å². The van der Waals surface area contributed by atoms with Gasteiger partial charge in [-0.1, -0.05) is 18.2 Å². The Morgan fingerprint density at radius 3 is 2.38 bits per heavy atom. The number of sulfonamides is 1. The Morgan fingerprint density at radius 2 is 1.77 bits per heavy atom. The summed E-state index contributed by atoms with van der Waals surface area (Å²) in [7, 11) is -3.79. The maximum Gasteiger partial charge on any atom is 0.307 e. The van der Waals surface area contributed by atoms with Crippen LogP contribution in [0, 0.1) is 0 Å². The second kappa shape index (κ2) is 9.88. The van der Waals surface area contributed by atoms with E-state index in [0.29, 0.717) is 11.3 Å². The summed E-state index contributed by atoms with van der Waals surface area (Å²) < 4.78 is 25.8. The fourth-order valence-corrected chi connectivity index (χ4v) is 2.97. The third-order valence-electron chi connectivity index (χ3n) is 3.13. The molecule has 1 aromatic carbocycles. The lowest BCUT2D eigenvalue weighted by atomic mass is 10.1. The van der Waals surface area contributed by atoms with E-state index >= 15 is 0 Å². The molecule has 144 valence electrons. The van der Waals surface area contributed by atoms with Crippen molar-refractivity contribution in [2.24, 2.45) is 0 Å². The van der Waals surface area contributed by atoms with Crippen molar-refractivity contribution < 1.29 is 27.9 Å². The molecule has 26 heavy (non-hydrogen) atoms. The quantitative estimate of drug-likeness (QED) is 0.450. The van der Waals surface area contributed by atoms with Crippen LogP contribution in [0.4, 0.5) is 5.69 Å². The topological polar surface area (TPSA) is 142 Å². The van der Waals surface area contributed by atoms with Crippen LogP contribution in [0.3, 0.4) is 0 Å². The van der Waals surface area contributed by atoms with E-state index in [4.69, 9.17) is 5.11 Å². The second-order valence-electron chi connectivity index (χ2n) is 5.89. The molecule has 1 rings (SSSR count). The lowest BCUT2D eigenvalue weighted by molar-refractivity contribution is -0.136. The zero-order chi connectivity index (χ0) is 19.7. The summed E-state index contributed by atoms with van der Waals surface area (Å²) in [5.41, 5.74) is 0.737. The number of rotatable bonds is 10.